The normalized spacial score (nSPS) is 11.1. The van der Waals surface area contributed by atoms with E-state index >= 15 is 0 Å². The van der Waals surface area contributed by atoms with E-state index in [0.29, 0.717) is 6.42 Å². The summed E-state index contributed by atoms with van der Waals surface area (Å²) >= 11 is 0. The Bertz CT molecular complexity index is 609. The van der Waals surface area contributed by atoms with Crippen molar-refractivity contribution >= 4 is 5.57 Å². The number of nitrogens with zero attached hydrogens (tertiary/aromatic N) is 1. The highest BCUT2D eigenvalue weighted by Gasteiger charge is 2.08. The fourth-order valence-corrected chi connectivity index (χ4v) is 2.11. The van der Waals surface area contributed by atoms with Crippen LogP contribution in [0.2, 0.25) is 0 Å². The zero-order chi connectivity index (χ0) is 13.5. The van der Waals surface area contributed by atoms with Gasteiger partial charge in [0.05, 0.1) is 19.1 Å². The number of aliphatic hydroxyl groups excluding tert-OH is 1. The van der Waals surface area contributed by atoms with Crippen molar-refractivity contribution in [1.82, 2.24) is 0 Å². The van der Waals surface area contributed by atoms with Gasteiger partial charge in [0.2, 0.25) is 0 Å². The van der Waals surface area contributed by atoms with Gasteiger partial charge in [-0.05, 0) is 22.3 Å². The van der Waals surface area contributed by atoms with Crippen molar-refractivity contribution in [3.8, 4) is 6.07 Å². The third kappa shape index (κ3) is 3.09. The van der Waals surface area contributed by atoms with Gasteiger partial charge in [-0.3, -0.25) is 0 Å². The predicted molar refractivity (Wildman–Crippen MR) is 76.4 cm³/mol. The second-order valence-electron chi connectivity index (χ2n) is 4.16. The molecule has 2 aromatic rings. The van der Waals surface area contributed by atoms with Crippen molar-refractivity contribution in [2.24, 2.45) is 0 Å². The molecule has 0 amide bonds. The molecule has 0 fully saturated rings. The minimum atomic E-state index is -0.0227. The fourth-order valence-electron chi connectivity index (χ4n) is 2.11. The van der Waals surface area contributed by atoms with Gasteiger partial charge in [0.1, 0.15) is 0 Å². The van der Waals surface area contributed by atoms with E-state index in [1.807, 2.05) is 54.6 Å². The molecular formula is C17H15NO. The number of hydrogen-bond donors (Lipinski definition) is 1. The summed E-state index contributed by atoms with van der Waals surface area (Å²) in [6, 6.07) is 19.9. The molecule has 0 bridgehead atoms. The molecule has 0 atom stereocenters. The zero-order valence-corrected chi connectivity index (χ0v) is 10.6. The van der Waals surface area contributed by atoms with Gasteiger partial charge in [-0.25, -0.2) is 0 Å². The predicted octanol–water partition coefficient (Wildman–Crippen LogP) is 3.18. The average molecular weight is 249 g/mol. The summed E-state index contributed by atoms with van der Waals surface area (Å²) in [7, 11) is 0. The van der Waals surface area contributed by atoms with Gasteiger partial charge in [0, 0.05) is 0 Å². The van der Waals surface area contributed by atoms with Gasteiger partial charge >= 0.3 is 0 Å². The van der Waals surface area contributed by atoms with Crippen LogP contribution in [0.5, 0.6) is 0 Å². The third-order valence-corrected chi connectivity index (χ3v) is 2.96. The summed E-state index contributed by atoms with van der Waals surface area (Å²) in [4.78, 5) is 0. The Hall–Kier alpha value is -2.37. The van der Waals surface area contributed by atoms with Crippen molar-refractivity contribution in [1.29, 1.82) is 5.26 Å². The Morgan fingerprint density at radius 2 is 1.74 bits per heavy atom. The van der Waals surface area contributed by atoms with Crippen LogP contribution in [-0.2, 0) is 6.42 Å². The van der Waals surface area contributed by atoms with Crippen molar-refractivity contribution in [2.75, 3.05) is 6.61 Å². The fraction of sp³-hybridized carbons (Fsp3) is 0.118. The maximum atomic E-state index is 9.24. The highest BCUT2D eigenvalue weighted by atomic mass is 16.2. The molecule has 0 aromatic heterocycles. The molecular weight excluding hydrogens is 234 g/mol. The SMILES string of the molecule is N#CCc1ccccc1C(=CCO)c1ccccc1. The Labute approximate surface area is 113 Å². The van der Waals surface area contributed by atoms with E-state index in [0.717, 1.165) is 22.3 Å². The van der Waals surface area contributed by atoms with Crippen LogP contribution in [0.25, 0.3) is 5.57 Å². The van der Waals surface area contributed by atoms with Gasteiger partial charge in [-0.2, -0.15) is 5.26 Å². The van der Waals surface area contributed by atoms with Crippen molar-refractivity contribution in [2.45, 2.75) is 6.42 Å². The largest absolute Gasteiger partial charge is 0.392 e. The van der Waals surface area contributed by atoms with E-state index in [4.69, 9.17) is 5.26 Å². The molecule has 0 radical (unpaired) electrons. The molecule has 94 valence electrons. The maximum absolute atomic E-state index is 9.24. The van der Waals surface area contributed by atoms with Crippen LogP contribution in [0.4, 0.5) is 0 Å². The molecule has 2 aromatic carbocycles. The Morgan fingerprint density at radius 1 is 1.05 bits per heavy atom. The molecule has 1 N–H and O–H groups in total. The van der Waals surface area contributed by atoms with Crippen LogP contribution < -0.4 is 0 Å². The molecule has 2 rings (SSSR count). The molecule has 0 aliphatic heterocycles. The molecule has 0 aliphatic rings. The quantitative estimate of drug-likeness (QED) is 0.904. The molecule has 0 heterocycles. The summed E-state index contributed by atoms with van der Waals surface area (Å²) in [5.74, 6) is 0. The van der Waals surface area contributed by atoms with E-state index in [1.54, 1.807) is 6.08 Å². The first kappa shape index (κ1) is 13.1. The number of benzene rings is 2. The minimum Gasteiger partial charge on any atom is -0.392 e. The van der Waals surface area contributed by atoms with Crippen LogP contribution >= 0.6 is 0 Å². The molecule has 0 unspecified atom stereocenters. The second-order valence-corrected chi connectivity index (χ2v) is 4.16. The molecule has 19 heavy (non-hydrogen) atoms. The Kier molecular flexibility index (Phi) is 4.49. The summed E-state index contributed by atoms with van der Waals surface area (Å²) in [5.41, 5.74) is 3.99. The number of aliphatic hydroxyl groups is 1. The third-order valence-electron chi connectivity index (χ3n) is 2.96. The van der Waals surface area contributed by atoms with E-state index < -0.39 is 0 Å². The van der Waals surface area contributed by atoms with E-state index in [9.17, 15) is 5.11 Å². The lowest BCUT2D eigenvalue weighted by Gasteiger charge is -2.12. The number of rotatable bonds is 4. The van der Waals surface area contributed by atoms with Crippen molar-refractivity contribution in [3.63, 3.8) is 0 Å². The van der Waals surface area contributed by atoms with Gasteiger partial charge in [0.15, 0.2) is 0 Å². The lowest BCUT2D eigenvalue weighted by Crippen LogP contribution is -1.95. The average Bonchev–Trinajstić information content (AvgIpc) is 2.47. The molecule has 0 saturated carbocycles. The topological polar surface area (TPSA) is 44.0 Å². The highest BCUT2D eigenvalue weighted by Crippen LogP contribution is 2.26. The molecule has 2 heteroatoms. The van der Waals surface area contributed by atoms with Crippen LogP contribution in [-0.4, -0.2) is 11.7 Å². The van der Waals surface area contributed by atoms with Crippen LogP contribution in [0.15, 0.2) is 60.7 Å². The van der Waals surface area contributed by atoms with E-state index in [-0.39, 0.29) is 6.61 Å². The highest BCUT2D eigenvalue weighted by molar-refractivity contribution is 5.81. The molecule has 2 nitrogen and oxygen atoms in total. The summed E-state index contributed by atoms with van der Waals surface area (Å²) in [6.45, 7) is -0.0227. The van der Waals surface area contributed by atoms with Crippen LogP contribution in [0.1, 0.15) is 16.7 Å². The Morgan fingerprint density at radius 3 is 2.42 bits per heavy atom. The monoisotopic (exact) mass is 249 g/mol. The summed E-state index contributed by atoms with van der Waals surface area (Å²) in [5, 5.41) is 18.1. The van der Waals surface area contributed by atoms with Crippen LogP contribution in [0.3, 0.4) is 0 Å². The van der Waals surface area contributed by atoms with Crippen LogP contribution in [0, 0.1) is 11.3 Å². The first-order valence-corrected chi connectivity index (χ1v) is 6.18. The Balaban J connectivity index is 2.53. The first-order chi connectivity index (χ1) is 9.36. The summed E-state index contributed by atoms with van der Waals surface area (Å²) < 4.78 is 0. The maximum Gasteiger partial charge on any atom is 0.0669 e. The summed E-state index contributed by atoms with van der Waals surface area (Å²) in [6.07, 6.45) is 2.15. The molecule has 0 saturated heterocycles. The molecule has 0 spiro atoms. The second kappa shape index (κ2) is 6.53. The van der Waals surface area contributed by atoms with Crippen molar-refractivity contribution < 1.29 is 5.11 Å². The minimum absolute atomic E-state index is 0.0227. The van der Waals surface area contributed by atoms with Crippen molar-refractivity contribution in [3.05, 3.63) is 77.4 Å². The number of hydrogen-bond acceptors (Lipinski definition) is 2. The lowest BCUT2D eigenvalue weighted by molar-refractivity contribution is 0.343. The van der Waals surface area contributed by atoms with Gasteiger partial charge in [-0.1, -0.05) is 60.7 Å². The van der Waals surface area contributed by atoms with Gasteiger partial charge in [-0.15, -0.1) is 0 Å². The zero-order valence-electron chi connectivity index (χ0n) is 10.6. The number of nitriles is 1. The molecule has 0 aliphatic carbocycles. The van der Waals surface area contributed by atoms with E-state index in [1.165, 1.54) is 0 Å². The lowest BCUT2D eigenvalue weighted by atomic mass is 9.92. The van der Waals surface area contributed by atoms with Gasteiger partial charge < -0.3 is 5.11 Å². The first-order valence-electron chi connectivity index (χ1n) is 6.18. The smallest absolute Gasteiger partial charge is 0.0669 e. The van der Waals surface area contributed by atoms with E-state index in [2.05, 4.69) is 6.07 Å². The standard InChI is InChI=1S/C17H15NO/c18-12-10-15-8-4-5-9-16(15)17(11-13-19)14-6-2-1-3-7-14/h1-9,11,19H,10,13H2. The van der Waals surface area contributed by atoms with Gasteiger partial charge in [0.25, 0.3) is 0 Å².